The SMILES string of the molecule is CC(C(=O)Nc1ccc(OCC(O)CN(C)C)cc1)C1CC1. The Morgan fingerprint density at radius 3 is 2.55 bits per heavy atom. The minimum absolute atomic E-state index is 0.0807. The molecule has 1 fully saturated rings. The van der Waals surface area contributed by atoms with Gasteiger partial charge >= 0.3 is 0 Å². The van der Waals surface area contributed by atoms with Gasteiger partial charge in [0.25, 0.3) is 0 Å². The van der Waals surface area contributed by atoms with Crippen molar-refractivity contribution in [2.45, 2.75) is 25.9 Å². The summed E-state index contributed by atoms with van der Waals surface area (Å²) in [4.78, 5) is 13.9. The van der Waals surface area contributed by atoms with E-state index in [4.69, 9.17) is 4.74 Å². The van der Waals surface area contributed by atoms with Crippen LogP contribution in [-0.2, 0) is 4.79 Å². The summed E-state index contributed by atoms with van der Waals surface area (Å²) in [5, 5.41) is 12.7. The molecule has 1 aliphatic carbocycles. The van der Waals surface area contributed by atoms with Gasteiger partial charge in [-0.3, -0.25) is 4.79 Å². The van der Waals surface area contributed by atoms with E-state index in [0.29, 0.717) is 18.2 Å². The quantitative estimate of drug-likeness (QED) is 0.771. The van der Waals surface area contributed by atoms with Crippen LogP contribution in [0.1, 0.15) is 19.8 Å². The monoisotopic (exact) mass is 306 g/mol. The molecular weight excluding hydrogens is 280 g/mol. The van der Waals surface area contributed by atoms with Crippen LogP contribution in [0.15, 0.2) is 24.3 Å². The zero-order valence-corrected chi connectivity index (χ0v) is 13.6. The molecule has 0 spiro atoms. The number of aliphatic hydroxyl groups excluding tert-OH is 1. The number of amides is 1. The number of nitrogens with one attached hydrogen (secondary N) is 1. The Morgan fingerprint density at radius 1 is 1.36 bits per heavy atom. The van der Waals surface area contributed by atoms with E-state index in [9.17, 15) is 9.90 Å². The van der Waals surface area contributed by atoms with E-state index >= 15 is 0 Å². The zero-order chi connectivity index (χ0) is 16.1. The number of carbonyl (C=O) groups excluding carboxylic acids is 1. The van der Waals surface area contributed by atoms with E-state index in [0.717, 1.165) is 18.5 Å². The lowest BCUT2D eigenvalue weighted by atomic mass is 10.1. The first-order chi connectivity index (χ1) is 10.5. The molecule has 2 unspecified atom stereocenters. The molecule has 2 atom stereocenters. The van der Waals surface area contributed by atoms with E-state index < -0.39 is 6.10 Å². The number of anilines is 1. The van der Waals surface area contributed by atoms with Crippen LogP contribution in [-0.4, -0.2) is 49.3 Å². The molecule has 0 aliphatic heterocycles. The summed E-state index contributed by atoms with van der Waals surface area (Å²) >= 11 is 0. The molecule has 1 amide bonds. The summed E-state index contributed by atoms with van der Waals surface area (Å²) in [7, 11) is 3.81. The highest BCUT2D eigenvalue weighted by Gasteiger charge is 2.32. The number of hydrogen-bond acceptors (Lipinski definition) is 4. The maximum atomic E-state index is 12.0. The lowest BCUT2D eigenvalue weighted by molar-refractivity contribution is -0.119. The number of nitrogens with zero attached hydrogens (tertiary/aromatic N) is 1. The average Bonchev–Trinajstić information content (AvgIpc) is 3.29. The molecule has 1 aromatic rings. The number of aliphatic hydroxyl groups is 1. The van der Waals surface area contributed by atoms with Crippen LogP contribution < -0.4 is 10.1 Å². The van der Waals surface area contributed by atoms with Crippen molar-refractivity contribution in [1.29, 1.82) is 0 Å². The summed E-state index contributed by atoms with van der Waals surface area (Å²) in [6.45, 7) is 2.80. The molecule has 0 bridgehead atoms. The zero-order valence-electron chi connectivity index (χ0n) is 13.6. The van der Waals surface area contributed by atoms with Gasteiger partial charge in [-0.1, -0.05) is 6.92 Å². The number of rotatable bonds is 8. The fourth-order valence-corrected chi connectivity index (χ4v) is 2.37. The Hall–Kier alpha value is -1.59. The summed E-state index contributed by atoms with van der Waals surface area (Å²) in [6, 6.07) is 7.26. The lowest BCUT2D eigenvalue weighted by Gasteiger charge is -2.16. The first kappa shape index (κ1) is 16.8. The molecule has 122 valence electrons. The summed E-state index contributed by atoms with van der Waals surface area (Å²) in [5.41, 5.74) is 0.777. The van der Waals surface area contributed by atoms with Gasteiger partial charge in [-0.05, 0) is 57.1 Å². The standard InChI is InChI=1S/C17H26N2O3/c1-12(13-4-5-13)17(21)18-14-6-8-16(9-7-14)22-11-15(20)10-19(2)3/h6-9,12-13,15,20H,4-5,10-11H2,1-3H3,(H,18,21). The van der Waals surface area contributed by atoms with Crippen LogP contribution in [0.5, 0.6) is 5.75 Å². The van der Waals surface area contributed by atoms with Crippen molar-refractivity contribution in [2.75, 3.05) is 32.6 Å². The lowest BCUT2D eigenvalue weighted by Crippen LogP contribution is -2.30. The second-order valence-electron chi connectivity index (χ2n) is 6.37. The van der Waals surface area contributed by atoms with Crippen LogP contribution in [0.25, 0.3) is 0 Å². The molecule has 2 N–H and O–H groups in total. The molecule has 22 heavy (non-hydrogen) atoms. The maximum Gasteiger partial charge on any atom is 0.227 e. The predicted octanol–water partition coefficient (Wildman–Crippen LogP) is 1.97. The van der Waals surface area contributed by atoms with E-state index in [1.54, 1.807) is 12.1 Å². The topological polar surface area (TPSA) is 61.8 Å². The predicted molar refractivity (Wildman–Crippen MR) is 87.0 cm³/mol. The first-order valence-corrected chi connectivity index (χ1v) is 7.82. The largest absolute Gasteiger partial charge is 0.491 e. The number of carbonyl (C=O) groups is 1. The highest BCUT2D eigenvalue weighted by Crippen LogP contribution is 2.37. The second kappa shape index (κ2) is 7.61. The highest BCUT2D eigenvalue weighted by molar-refractivity contribution is 5.92. The third-order valence-corrected chi connectivity index (χ3v) is 3.88. The fraction of sp³-hybridized carbons (Fsp3) is 0.588. The first-order valence-electron chi connectivity index (χ1n) is 7.82. The number of likely N-dealkylation sites (N-methyl/N-ethyl adjacent to an activating group) is 1. The molecular formula is C17H26N2O3. The maximum absolute atomic E-state index is 12.0. The van der Waals surface area contributed by atoms with Crippen LogP contribution in [0.2, 0.25) is 0 Å². The van der Waals surface area contributed by atoms with Gasteiger partial charge in [0.15, 0.2) is 0 Å². The normalized spacial score (nSPS) is 17.1. The van der Waals surface area contributed by atoms with Gasteiger partial charge in [-0.15, -0.1) is 0 Å². The highest BCUT2D eigenvalue weighted by atomic mass is 16.5. The smallest absolute Gasteiger partial charge is 0.227 e. The number of hydrogen-bond donors (Lipinski definition) is 2. The molecule has 0 saturated heterocycles. The molecule has 1 aromatic carbocycles. The van der Waals surface area contributed by atoms with Gasteiger partial charge in [0.2, 0.25) is 5.91 Å². The van der Waals surface area contributed by atoms with Crippen molar-refractivity contribution >= 4 is 11.6 Å². The summed E-state index contributed by atoms with van der Waals surface area (Å²) < 4.78 is 5.53. The van der Waals surface area contributed by atoms with E-state index in [1.165, 1.54) is 0 Å². The minimum Gasteiger partial charge on any atom is -0.491 e. The van der Waals surface area contributed by atoms with E-state index in [-0.39, 0.29) is 18.4 Å². The van der Waals surface area contributed by atoms with Crippen molar-refractivity contribution in [2.24, 2.45) is 11.8 Å². The summed E-state index contributed by atoms with van der Waals surface area (Å²) in [6.07, 6.45) is 1.81. The van der Waals surface area contributed by atoms with Gasteiger partial charge in [0, 0.05) is 18.2 Å². The Balaban J connectivity index is 1.78. The molecule has 2 rings (SSSR count). The van der Waals surface area contributed by atoms with Gasteiger partial charge in [-0.2, -0.15) is 0 Å². The van der Waals surface area contributed by atoms with Crippen LogP contribution in [0, 0.1) is 11.8 Å². The Bertz CT molecular complexity index is 483. The molecule has 1 saturated carbocycles. The van der Waals surface area contributed by atoms with Crippen molar-refractivity contribution in [3.8, 4) is 5.75 Å². The Morgan fingerprint density at radius 2 is 2.00 bits per heavy atom. The molecule has 5 nitrogen and oxygen atoms in total. The van der Waals surface area contributed by atoms with Crippen LogP contribution >= 0.6 is 0 Å². The third kappa shape index (κ3) is 5.31. The molecule has 5 heteroatoms. The van der Waals surface area contributed by atoms with Gasteiger partial charge in [0.05, 0.1) is 0 Å². The van der Waals surface area contributed by atoms with E-state index in [2.05, 4.69) is 5.32 Å². The van der Waals surface area contributed by atoms with Crippen LogP contribution in [0.4, 0.5) is 5.69 Å². The Labute approximate surface area is 132 Å². The number of ether oxygens (including phenoxy) is 1. The minimum atomic E-state index is -0.520. The van der Waals surface area contributed by atoms with Crippen molar-refractivity contribution in [1.82, 2.24) is 4.90 Å². The second-order valence-corrected chi connectivity index (χ2v) is 6.37. The van der Waals surface area contributed by atoms with Gasteiger partial charge in [-0.25, -0.2) is 0 Å². The molecule has 1 aliphatic rings. The van der Waals surface area contributed by atoms with Crippen molar-refractivity contribution in [3.63, 3.8) is 0 Å². The average molecular weight is 306 g/mol. The fourth-order valence-electron chi connectivity index (χ4n) is 2.37. The molecule has 0 radical (unpaired) electrons. The van der Waals surface area contributed by atoms with Crippen molar-refractivity contribution in [3.05, 3.63) is 24.3 Å². The van der Waals surface area contributed by atoms with Gasteiger partial charge in [0.1, 0.15) is 18.5 Å². The van der Waals surface area contributed by atoms with Crippen LogP contribution in [0.3, 0.4) is 0 Å². The third-order valence-electron chi connectivity index (χ3n) is 3.88. The molecule has 0 heterocycles. The Kier molecular flexibility index (Phi) is 5.80. The molecule has 0 aromatic heterocycles. The van der Waals surface area contributed by atoms with E-state index in [1.807, 2.05) is 38.1 Å². The summed E-state index contributed by atoms with van der Waals surface area (Å²) in [5.74, 6) is 1.40. The van der Waals surface area contributed by atoms with Gasteiger partial charge < -0.3 is 20.1 Å². The number of benzene rings is 1. The van der Waals surface area contributed by atoms with Crippen molar-refractivity contribution < 1.29 is 14.6 Å².